The van der Waals surface area contributed by atoms with E-state index in [-0.39, 0.29) is 5.91 Å². The molecule has 0 radical (unpaired) electrons. The number of aryl methyl sites for hydroxylation is 1. The minimum atomic E-state index is -0.155. The summed E-state index contributed by atoms with van der Waals surface area (Å²) in [4.78, 5) is 12.3. The summed E-state index contributed by atoms with van der Waals surface area (Å²) >= 11 is 0. The van der Waals surface area contributed by atoms with E-state index in [2.05, 4.69) is 22.4 Å². The first-order valence-corrected chi connectivity index (χ1v) is 7.21. The fraction of sp³-hybridized carbons (Fsp3) is 0.188. The van der Waals surface area contributed by atoms with Crippen LogP contribution in [0.3, 0.4) is 0 Å². The monoisotopic (exact) mass is 295 g/mol. The average Bonchev–Trinajstić information content (AvgIpc) is 3.19. The number of benzene rings is 1. The molecule has 0 spiro atoms. The smallest absolute Gasteiger partial charge is 0.273 e. The predicted molar refractivity (Wildman–Crippen MR) is 84.0 cm³/mol. The molecule has 1 N–H and O–H groups in total. The Kier molecular flexibility index (Phi) is 4.00. The van der Waals surface area contributed by atoms with Crippen molar-refractivity contribution >= 4 is 11.6 Å². The Balaban J connectivity index is 1.73. The molecule has 1 aromatic carbocycles. The van der Waals surface area contributed by atoms with E-state index in [4.69, 9.17) is 0 Å². The maximum atomic E-state index is 12.3. The van der Waals surface area contributed by atoms with Crippen molar-refractivity contribution in [3.63, 3.8) is 0 Å². The molecule has 22 heavy (non-hydrogen) atoms. The quantitative estimate of drug-likeness (QED) is 0.787. The minimum absolute atomic E-state index is 0.155. The van der Waals surface area contributed by atoms with Crippen LogP contribution in [0.25, 0.3) is 5.69 Å². The lowest BCUT2D eigenvalue weighted by molar-refractivity contribution is 0.101. The number of anilines is 1. The molecule has 112 valence electrons. The molecule has 0 bridgehead atoms. The van der Waals surface area contributed by atoms with Gasteiger partial charge in [0.15, 0.2) is 0 Å². The first-order valence-electron chi connectivity index (χ1n) is 7.21. The lowest BCUT2D eigenvalue weighted by atomic mass is 10.2. The van der Waals surface area contributed by atoms with Crippen LogP contribution in [0.15, 0.2) is 55.0 Å². The normalized spacial score (nSPS) is 10.6. The number of hydrogen-bond donors (Lipinski definition) is 1. The van der Waals surface area contributed by atoms with Crippen LogP contribution < -0.4 is 5.32 Å². The topological polar surface area (TPSA) is 64.7 Å². The molecular formula is C16H17N5O. The molecular weight excluding hydrogens is 278 g/mol. The molecule has 0 fully saturated rings. The number of hydrogen-bond acceptors (Lipinski definition) is 3. The van der Waals surface area contributed by atoms with Gasteiger partial charge in [0.2, 0.25) is 0 Å². The third-order valence-corrected chi connectivity index (χ3v) is 3.28. The molecule has 3 rings (SSSR count). The maximum Gasteiger partial charge on any atom is 0.273 e. The van der Waals surface area contributed by atoms with E-state index in [0.717, 1.165) is 24.3 Å². The molecule has 0 saturated heterocycles. The van der Waals surface area contributed by atoms with Gasteiger partial charge in [-0.05, 0) is 42.8 Å². The second kappa shape index (κ2) is 6.26. The number of rotatable bonds is 5. The van der Waals surface area contributed by atoms with Gasteiger partial charge >= 0.3 is 0 Å². The highest BCUT2D eigenvalue weighted by Gasteiger charge is 2.11. The van der Waals surface area contributed by atoms with Gasteiger partial charge in [0.25, 0.3) is 5.91 Å². The van der Waals surface area contributed by atoms with Gasteiger partial charge in [-0.3, -0.25) is 9.48 Å². The molecule has 0 aliphatic rings. The molecule has 2 heterocycles. The van der Waals surface area contributed by atoms with E-state index in [1.54, 1.807) is 27.8 Å². The van der Waals surface area contributed by atoms with Crippen molar-refractivity contribution in [2.75, 3.05) is 5.32 Å². The van der Waals surface area contributed by atoms with Crippen molar-refractivity contribution in [1.82, 2.24) is 19.6 Å². The Bertz CT molecular complexity index is 743. The van der Waals surface area contributed by atoms with Crippen molar-refractivity contribution in [2.45, 2.75) is 19.9 Å². The third kappa shape index (κ3) is 2.90. The Morgan fingerprint density at radius 1 is 1.14 bits per heavy atom. The molecule has 0 saturated carbocycles. The van der Waals surface area contributed by atoms with E-state index in [0.29, 0.717) is 5.69 Å². The van der Waals surface area contributed by atoms with E-state index >= 15 is 0 Å². The standard InChI is InChI=1S/C16H17N5O/c1-2-11-21-15(8-10-18-21)16(22)19-13-4-6-14(7-5-13)20-12-3-9-17-20/h3-10,12H,2,11H2,1H3,(H,19,22). The summed E-state index contributed by atoms with van der Waals surface area (Å²) < 4.78 is 3.48. The number of nitrogens with one attached hydrogen (secondary N) is 1. The third-order valence-electron chi connectivity index (χ3n) is 3.28. The molecule has 6 nitrogen and oxygen atoms in total. The van der Waals surface area contributed by atoms with Crippen molar-refractivity contribution < 1.29 is 4.79 Å². The summed E-state index contributed by atoms with van der Waals surface area (Å²) in [5, 5.41) is 11.2. The van der Waals surface area contributed by atoms with Crippen LogP contribution in [0, 0.1) is 0 Å². The van der Waals surface area contributed by atoms with Gasteiger partial charge in [-0.1, -0.05) is 6.92 Å². The van der Waals surface area contributed by atoms with Crippen LogP contribution in [-0.2, 0) is 6.54 Å². The van der Waals surface area contributed by atoms with E-state index in [1.807, 2.05) is 36.5 Å². The Morgan fingerprint density at radius 2 is 1.95 bits per heavy atom. The van der Waals surface area contributed by atoms with Gasteiger partial charge in [0.1, 0.15) is 5.69 Å². The van der Waals surface area contributed by atoms with Gasteiger partial charge in [0, 0.05) is 30.8 Å². The van der Waals surface area contributed by atoms with Crippen LogP contribution in [0.5, 0.6) is 0 Å². The van der Waals surface area contributed by atoms with Crippen molar-refractivity contribution in [1.29, 1.82) is 0 Å². The highest BCUT2D eigenvalue weighted by Crippen LogP contribution is 2.14. The maximum absolute atomic E-state index is 12.3. The lowest BCUT2D eigenvalue weighted by Crippen LogP contribution is -2.17. The van der Waals surface area contributed by atoms with Crippen LogP contribution in [0.1, 0.15) is 23.8 Å². The first-order chi connectivity index (χ1) is 10.8. The minimum Gasteiger partial charge on any atom is -0.321 e. The second-order valence-corrected chi connectivity index (χ2v) is 4.89. The molecule has 2 aromatic heterocycles. The summed E-state index contributed by atoms with van der Waals surface area (Å²) in [6.45, 7) is 2.78. The zero-order valence-electron chi connectivity index (χ0n) is 12.3. The fourth-order valence-electron chi connectivity index (χ4n) is 2.23. The zero-order chi connectivity index (χ0) is 15.4. The number of nitrogens with zero attached hydrogens (tertiary/aromatic N) is 4. The van der Waals surface area contributed by atoms with Gasteiger partial charge < -0.3 is 5.32 Å². The number of amides is 1. The Labute approximate surface area is 128 Å². The number of carbonyl (C=O) groups excluding carboxylic acids is 1. The van der Waals surface area contributed by atoms with Crippen molar-refractivity contribution in [3.05, 3.63) is 60.7 Å². The fourth-order valence-corrected chi connectivity index (χ4v) is 2.23. The Hall–Kier alpha value is -2.89. The summed E-state index contributed by atoms with van der Waals surface area (Å²) in [6, 6.07) is 11.1. The van der Waals surface area contributed by atoms with Crippen LogP contribution in [0.2, 0.25) is 0 Å². The average molecular weight is 295 g/mol. The molecule has 3 aromatic rings. The number of carbonyl (C=O) groups is 1. The molecule has 1 amide bonds. The Morgan fingerprint density at radius 3 is 2.64 bits per heavy atom. The highest BCUT2D eigenvalue weighted by atomic mass is 16.2. The first kappa shape index (κ1) is 14.1. The SMILES string of the molecule is CCCn1nccc1C(=O)Nc1ccc(-n2cccn2)cc1. The van der Waals surface area contributed by atoms with E-state index in [9.17, 15) is 4.79 Å². The molecule has 0 aliphatic carbocycles. The molecule has 0 atom stereocenters. The largest absolute Gasteiger partial charge is 0.321 e. The summed E-state index contributed by atoms with van der Waals surface area (Å²) in [5.41, 5.74) is 2.25. The van der Waals surface area contributed by atoms with Crippen LogP contribution in [-0.4, -0.2) is 25.5 Å². The van der Waals surface area contributed by atoms with Crippen LogP contribution in [0.4, 0.5) is 5.69 Å². The highest BCUT2D eigenvalue weighted by molar-refractivity contribution is 6.03. The van der Waals surface area contributed by atoms with Gasteiger partial charge in [0.05, 0.1) is 5.69 Å². The van der Waals surface area contributed by atoms with Gasteiger partial charge in [-0.15, -0.1) is 0 Å². The molecule has 0 aliphatic heterocycles. The summed E-state index contributed by atoms with van der Waals surface area (Å²) in [5.74, 6) is -0.155. The zero-order valence-corrected chi connectivity index (χ0v) is 12.3. The number of aromatic nitrogens is 4. The summed E-state index contributed by atoms with van der Waals surface area (Å²) in [6.07, 6.45) is 6.17. The van der Waals surface area contributed by atoms with Gasteiger partial charge in [-0.2, -0.15) is 10.2 Å². The second-order valence-electron chi connectivity index (χ2n) is 4.89. The van der Waals surface area contributed by atoms with Crippen molar-refractivity contribution in [3.8, 4) is 5.69 Å². The van der Waals surface area contributed by atoms with E-state index in [1.165, 1.54) is 0 Å². The predicted octanol–water partition coefficient (Wildman–Crippen LogP) is 2.73. The molecule has 0 unspecified atom stereocenters. The van der Waals surface area contributed by atoms with Crippen molar-refractivity contribution in [2.24, 2.45) is 0 Å². The summed E-state index contributed by atoms with van der Waals surface area (Å²) in [7, 11) is 0. The lowest BCUT2D eigenvalue weighted by Gasteiger charge is -2.08. The van der Waals surface area contributed by atoms with Gasteiger partial charge in [-0.25, -0.2) is 4.68 Å². The van der Waals surface area contributed by atoms with Crippen LogP contribution >= 0.6 is 0 Å². The molecule has 6 heteroatoms. The van der Waals surface area contributed by atoms with E-state index < -0.39 is 0 Å².